The number of rotatable bonds is 6. The van der Waals surface area contributed by atoms with Crippen molar-refractivity contribution in [1.29, 1.82) is 0 Å². The lowest BCUT2D eigenvalue weighted by Crippen LogP contribution is -2.31. The smallest absolute Gasteiger partial charge is 0.214 e. The van der Waals surface area contributed by atoms with Gasteiger partial charge in [0.1, 0.15) is 5.75 Å². The molecule has 0 spiro atoms. The van der Waals surface area contributed by atoms with Crippen molar-refractivity contribution in [1.82, 2.24) is 9.62 Å². The molecule has 2 N–H and O–H groups in total. The summed E-state index contributed by atoms with van der Waals surface area (Å²) in [5.74, 6) is 0.208. The molecule has 0 aliphatic carbocycles. The first-order valence-corrected chi connectivity index (χ1v) is 8.71. The Morgan fingerprint density at radius 2 is 1.79 bits per heavy atom. The first-order chi connectivity index (χ1) is 8.74. The number of benzene rings is 1. The summed E-state index contributed by atoms with van der Waals surface area (Å²) in [5.41, 5.74) is 0.943. The Morgan fingerprint density at radius 1 is 1.26 bits per heavy atom. The summed E-state index contributed by atoms with van der Waals surface area (Å²) < 4.78 is 25.5. The maximum Gasteiger partial charge on any atom is 0.214 e. The maximum absolute atomic E-state index is 11.5. The van der Waals surface area contributed by atoms with E-state index in [1.807, 2.05) is 0 Å². The fraction of sp³-hybridized carbons (Fsp3) is 0.455. The van der Waals surface area contributed by atoms with Crippen molar-refractivity contribution >= 4 is 41.9 Å². The third-order valence-electron chi connectivity index (χ3n) is 2.50. The zero-order chi connectivity index (χ0) is 14.6. The Balaban J connectivity index is 2.51. The van der Waals surface area contributed by atoms with E-state index in [0.717, 1.165) is 5.56 Å². The first kappa shape index (κ1) is 16.9. The predicted octanol–water partition coefficient (Wildman–Crippen LogP) is 1.90. The van der Waals surface area contributed by atoms with Crippen molar-refractivity contribution in [2.45, 2.75) is 6.54 Å². The molecular weight excluding hydrogens is 400 g/mol. The van der Waals surface area contributed by atoms with Crippen LogP contribution >= 0.6 is 31.9 Å². The van der Waals surface area contributed by atoms with Crippen molar-refractivity contribution < 1.29 is 13.5 Å². The highest BCUT2D eigenvalue weighted by molar-refractivity contribution is 9.11. The van der Waals surface area contributed by atoms with Gasteiger partial charge in [-0.05, 0) is 49.6 Å². The van der Waals surface area contributed by atoms with E-state index >= 15 is 0 Å². The maximum atomic E-state index is 11.5. The van der Waals surface area contributed by atoms with Gasteiger partial charge in [-0.15, -0.1) is 0 Å². The molecule has 1 aromatic carbocycles. The minimum atomic E-state index is -3.16. The van der Waals surface area contributed by atoms with Crippen LogP contribution in [0.3, 0.4) is 0 Å². The first-order valence-electron chi connectivity index (χ1n) is 5.52. The number of hydrogen-bond acceptors (Lipinski definition) is 4. The molecule has 0 atom stereocenters. The molecule has 1 rings (SSSR count). The molecule has 0 unspecified atom stereocenters. The van der Waals surface area contributed by atoms with Crippen LogP contribution in [0.4, 0.5) is 0 Å². The normalized spacial score (nSPS) is 12.1. The molecule has 0 aromatic heterocycles. The molecule has 0 saturated heterocycles. The van der Waals surface area contributed by atoms with Gasteiger partial charge in [-0.2, -0.15) is 0 Å². The van der Waals surface area contributed by atoms with Gasteiger partial charge in [0.25, 0.3) is 0 Å². The van der Waals surface area contributed by atoms with Crippen molar-refractivity contribution in [2.24, 2.45) is 0 Å². The summed E-state index contributed by atoms with van der Waals surface area (Å²) in [6.07, 6.45) is 0. The van der Waals surface area contributed by atoms with Crippen molar-refractivity contribution in [3.8, 4) is 5.75 Å². The summed E-state index contributed by atoms with van der Waals surface area (Å²) in [6.45, 7) is 0.900. The number of aromatic hydroxyl groups is 1. The number of sulfonamides is 1. The number of nitrogens with one attached hydrogen (secondary N) is 1. The SMILES string of the molecule is CN(C)S(=O)(=O)CCNCc1cc(Br)c(O)c(Br)c1. The summed E-state index contributed by atoms with van der Waals surface area (Å²) >= 11 is 6.49. The zero-order valence-electron chi connectivity index (χ0n) is 10.7. The molecule has 0 bridgehead atoms. The van der Waals surface area contributed by atoms with E-state index < -0.39 is 10.0 Å². The number of phenolic OH excluding ortho intramolecular Hbond substituents is 1. The minimum absolute atomic E-state index is 0.0560. The van der Waals surface area contributed by atoms with Crippen LogP contribution in [-0.4, -0.2) is 44.2 Å². The van der Waals surface area contributed by atoms with Gasteiger partial charge in [-0.1, -0.05) is 0 Å². The summed E-state index contributed by atoms with van der Waals surface area (Å²) in [6, 6.07) is 3.57. The second-order valence-electron chi connectivity index (χ2n) is 4.18. The van der Waals surface area contributed by atoms with Gasteiger partial charge in [0, 0.05) is 27.2 Å². The van der Waals surface area contributed by atoms with Gasteiger partial charge < -0.3 is 10.4 Å². The third kappa shape index (κ3) is 5.03. The largest absolute Gasteiger partial charge is 0.506 e. The molecule has 5 nitrogen and oxygen atoms in total. The quantitative estimate of drug-likeness (QED) is 0.696. The van der Waals surface area contributed by atoms with Crippen LogP contribution in [0.2, 0.25) is 0 Å². The Kier molecular flexibility index (Phi) is 6.25. The van der Waals surface area contributed by atoms with Crippen molar-refractivity contribution in [2.75, 3.05) is 26.4 Å². The molecular formula is C11H16Br2N2O3S. The van der Waals surface area contributed by atoms with Gasteiger partial charge in [-0.3, -0.25) is 0 Å². The fourth-order valence-electron chi connectivity index (χ4n) is 1.34. The number of halogens is 2. The molecule has 0 aliphatic heterocycles. The zero-order valence-corrected chi connectivity index (χ0v) is 14.6. The molecule has 0 heterocycles. The summed E-state index contributed by atoms with van der Waals surface area (Å²) in [7, 11) is -0.129. The monoisotopic (exact) mass is 414 g/mol. The van der Waals surface area contributed by atoms with Gasteiger partial charge in [0.2, 0.25) is 10.0 Å². The molecule has 0 saturated carbocycles. The molecule has 0 radical (unpaired) electrons. The molecule has 0 fully saturated rings. The van der Waals surface area contributed by atoms with Crippen LogP contribution in [-0.2, 0) is 16.6 Å². The number of hydrogen-bond donors (Lipinski definition) is 2. The molecule has 0 amide bonds. The standard InChI is InChI=1S/C11H16Br2N2O3S/c1-15(2)19(17,18)4-3-14-7-8-5-9(12)11(16)10(13)6-8/h5-6,14,16H,3-4,7H2,1-2H3. The molecule has 1 aromatic rings. The van der Waals surface area contributed by atoms with Crippen LogP contribution in [0.1, 0.15) is 5.56 Å². The molecule has 19 heavy (non-hydrogen) atoms. The van der Waals surface area contributed by atoms with E-state index in [4.69, 9.17) is 0 Å². The third-order valence-corrected chi connectivity index (χ3v) is 5.54. The van der Waals surface area contributed by atoms with Crippen molar-refractivity contribution in [3.05, 3.63) is 26.6 Å². The topological polar surface area (TPSA) is 69.6 Å². The Hall–Kier alpha value is -0.150. The van der Waals surface area contributed by atoms with Gasteiger partial charge in [0.05, 0.1) is 14.7 Å². The highest BCUT2D eigenvalue weighted by Gasteiger charge is 2.12. The fourth-order valence-corrected chi connectivity index (χ4v) is 3.39. The second kappa shape index (κ2) is 7.03. The van der Waals surface area contributed by atoms with Crippen LogP contribution in [0.25, 0.3) is 0 Å². The van der Waals surface area contributed by atoms with E-state index in [1.165, 1.54) is 18.4 Å². The van der Waals surface area contributed by atoms with E-state index in [-0.39, 0.29) is 11.5 Å². The number of nitrogens with zero attached hydrogens (tertiary/aromatic N) is 1. The van der Waals surface area contributed by atoms with Gasteiger partial charge in [0.15, 0.2) is 0 Å². The lowest BCUT2D eigenvalue weighted by molar-refractivity contribution is 0.468. The highest BCUT2D eigenvalue weighted by Crippen LogP contribution is 2.33. The predicted molar refractivity (Wildman–Crippen MR) is 82.7 cm³/mol. The number of phenols is 1. The van der Waals surface area contributed by atoms with Gasteiger partial charge in [-0.25, -0.2) is 12.7 Å². The Morgan fingerprint density at radius 3 is 2.26 bits per heavy atom. The van der Waals surface area contributed by atoms with Crippen LogP contribution in [0, 0.1) is 0 Å². The van der Waals surface area contributed by atoms with Crippen LogP contribution in [0.5, 0.6) is 5.75 Å². The molecule has 0 aliphatic rings. The molecule has 108 valence electrons. The van der Waals surface area contributed by atoms with E-state index in [1.54, 1.807) is 12.1 Å². The molecule has 8 heteroatoms. The lowest BCUT2D eigenvalue weighted by atomic mass is 10.2. The van der Waals surface area contributed by atoms with Crippen LogP contribution < -0.4 is 5.32 Å². The minimum Gasteiger partial charge on any atom is -0.506 e. The highest BCUT2D eigenvalue weighted by atomic mass is 79.9. The summed E-state index contributed by atoms with van der Waals surface area (Å²) in [5, 5.41) is 12.6. The summed E-state index contributed by atoms with van der Waals surface area (Å²) in [4.78, 5) is 0. The van der Waals surface area contributed by atoms with Crippen LogP contribution in [0.15, 0.2) is 21.1 Å². The average Bonchev–Trinajstić information content (AvgIpc) is 2.31. The Labute approximate surface area is 130 Å². The van der Waals surface area contributed by atoms with Gasteiger partial charge >= 0.3 is 0 Å². The average molecular weight is 416 g/mol. The van der Waals surface area contributed by atoms with E-state index in [2.05, 4.69) is 37.2 Å². The second-order valence-corrected chi connectivity index (χ2v) is 8.19. The van der Waals surface area contributed by atoms with Crippen molar-refractivity contribution in [3.63, 3.8) is 0 Å². The Bertz CT molecular complexity index is 524. The van der Waals surface area contributed by atoms with E-state index in [0.29, 0.717) is 22.0 Å². The van der Waals surface area contributed by atoms with E-state index in [9.17, 15) is 13.5 Å². The lowest BCUT2D eigenvalue weighted by Gasteiger charge is -2.12.